The summed E-state index contributed by atoms with van der Waals surface area (Å²) in [6.07, 6.45) is 3.36. The number of nitrogens with one attached hydrogen (secondary N) is 2. The number of hydrogen-bond donors (Lipinski definition) is 2. The van der Waals surface area contributed by atoms with Gasteiger partial charge in [-0.2, -0.15) is 9.97 Å². The van der Waals surface area contributed by atoms with Crippen molar-refractivity contribution in [2.24, 2.45) is 5.92 Å². The Balaban J connectivity index is 1.47. The number of ether oxygens (including phenoxy) is 1. The van der Waals surface area contributed by atoms with E-state index in [1.807, 2.05) is 0 Å². The third-order valence-electron chi connectivity index (χ3n) is 6.44. The zero-order valence-corrected chi connectivity index (χ0v) is 21.2. The van der Waals surface area contributed by atoms with Crippen LogP contribution in [0.5, 0.6) is 0 Å². The highest BCUT2D eigenvalue weighted by Crippen LogP contribution is 2.27. The molecule has 2 saturated heterocycles. The molecule has 8 nitrogen and oxygen atoms in total. The smallest absolute Gasteiger partial charge is 0.232 e. The molecule has 2 aromatic rings. The third kappa shape index (κ3) is 6.70. The van der Waals surface area contributed by atoms with Crippen LogP contribution in [0, 0.1) is 5.92 Å². The maximum atomic E-state index is 5.50. The largest absolute Gasteiger partial charge is 0.385 e. The number of para-hydroxylation sites is 1. The van der Waals surface area contributed by atoms with E-state index in [2.05, 4.69) is 68.7 Å². The molecule has 0 saturated carbocycles. The maximum Gasteiger partial charge on any atom is 0.232 e. The number of piperidine rings is 1. The predicted octanol–water partition coefficient (Wildman–Crippen LogP) is 3.36. The van der Waals surface area contributed by atoms with Gasteiger partial charge in [0.25, 0.3) is 0 Å². The van der Waals surface area contributed by atoms with E-state index < -0.39 is 0 Å². The molecule has 34 heavy (non-hydrogen) atoms. The predicted molar refractivity (Wildman–Crippen MR) is 144 cm³/mol. The highest BCUT2D eigenvalue weighted by Gasteiger charge is 2.23. The molecule has 9 heteroatoms. The third-order valence-corrected chi connectivity index (χ3v) is 6.69. The van der Waals surface area contributed by atoms with Gasteiger partial charge in [0, 0.05) is 71.3 Å². The van der Waals surface area contributed by atoms with Crippen molar-refractivity contribution < 1.29 is 4.74 Å². The number of piperazine rings is 1. The monoisotopic (exact) mass is 483 g/mol. The van der Waals surface area contributed by atoms with Gasteiger partial charge in [0.2, 0.25) is 5.95 Å². The lowest BCUT2D eigenvalue weighted by Gasteiger charge is -2.37. The molecule has 184 valence electrons. The number of thiocarbonyl (C=S) groups is 1. The van der Waals surface area contributed by atoms with Gasteiger partial charge in [-0.25, -0.2) is 0 Å². The number of hydrogen-bond acceptors (Lipinski definition) is 7. The second kappa shape index (κ2) is 12.2. The second-order valence-corrected chi connectivity index (χ2v) is 9.55. The molecule has 0 unspecified atom stereocenters. The van der Waals surface area contributed by atoms with Gasteiger partial charge in [-0.3, -0.25) is 0 Å². The maximum absolute atomic E-state index is 5.50. The van der Waals surface area contributed by atoms with E-state index in [0.717, 1.165) is 63.9 Å². The first-order valence-electron chi connectivity index (χ1n) is 12.3. The summed E-state index contributed by atoms with van der Waals surface area (Å²) < 4.78 is 5.11. The van der Waals surface area contributed by atoms with Gasteiger partial charge < -0.3 is 30.1 Å². The van der Waals surface area contributed by atoms with Crippen molar-refractivity contribution in [2.75, 3.05) is 79.5 Å². The van der Waals surface area contributed by atoms with Crippen molar-refractivity contribution in [3.8, 4) is 0 Å². The standard InChI is InChI=1S/C25H37N7OS/c1-20-8-6-12-32(19-20)23-18-22(27-24(28-23)29-25(34)26-11-7-17-33-2)31-15-13-30(14-16-31)21-9-4-3-5-10-21/h3-5,9-10,18,20H,6-8,11-17,19H2,1-2H3,(H2,26,27,28,29,34)/t20-/m1/s1. The Morgan fingerprint density at radius 3 is 2.44 bits per heavy atom. The van der Waals surface area contributed by atoms with Gasteiger partial charge >= 0.3 is 0 Å². The van der Waals surface area contributed by atoms with Crippen LogP contribution in [0.4, 0.5) is 23.3 Å². The van der Waals surface area contributed by atoms with Crippen LogP contribution in [0.3, 0.4) is 0 Å². The van der Waals surface area contributed by atoms with Crippen LogP contribution in [0.2, 0.25) is 0 Å². The SMILES string of the molecule is COCCCNC(=S)Nc1nc(N2CCN(c3ccccc3)CC2)cc(N2CCC[C@@H](C)C2)n1. The highest BCUT2D eigenvalue weighted by atomic mass is 32.1. The average Bonchev–Trinajstić information content (AvgIpc) is 2.87. The van der Waals surface area contributed by atoms with E-state index >= 15 is 0 Å². The van der Waals surface area contributed by atoms with E-state index in [-0.39, 0.29) is 0 Å². The molecule has 0 radical (unpaired) electrons. The molecule has 3 heterocycles. The van der Waals surface area contributed by atoms with Crippen molar-refractivity contribution in [2.45, 2.75) is 26.2 Å². The van der Waals surface area contributed by atoms with Crippen molar-refractivity contribution in [3.05, 3.63) is 36.4 Å². The van der Waals surface area contributed by atoms with Gasteiger partial charge in [0.1, 0.15) is 11.6 Å². The summed E-state index contributed by atoms with van der Waals surface area (Å²) in [5, 5.41) is 6.98. The molecule has 0 amide bonds. The second-order valence-electron chi connectivity index (χ2n) is 9.14. The minimum atomic E-state index is 0.542. The fraction of sp³-hybridized carbons (Fsp3) is 0.560. The Morgan fingerprint density at radius 1 is 1.03 bits per heavy atom. The topological polar surface area (TPSA) is 68.8 Å². The molecular weight excluding hydrogens is 446 g/mol. The minimum Gasteiger partial charge on any atom is -0.385 e. The van der Waals surface area contributed by atoms with E-state index in [0.29, 0.717) is 23.6 Å². The van der Waals surface area contributed by atoms with Gasteiger partial charge in [0.15, 0.2) is 5.11 Å². The number of aromatic nitrogens is 2. The number of anilines is 4. The van der Waals surface area contributed by atoms with Crippen LogP contribution in [-0.2, 0) is 4.74 Å². The summed E-state index contributed by atoms with van der Waals surface area (Å²) in [5.41, 5.74) is 1.28. The van der Waals surface area contributed by atoms with E-state index in [4.69, 9.17) is 26.9 Å². The average molecular weight is 484 g/mol. The molecule has 0 bridgehead atoms. The molecule has 0 aliphatic carbocycles. The molecule has 1 aromatic carbocycles. The number of methoxy groups -OCH3 is 1. The summed E-state index contributed by atoms with van der Waals surface area (Å²) in [6.45, 7) is 9.58. The first kappa shape index (κ1) is 24.5. The van der Waals surface area contributed by atoms with Crippen LogP contribution in [0.25, 0.3) is 0 Å². The molecule has 2 N–H and O–H groups in total. The molecule has 1 atom stereocenters. The van der Waals surface area contributed by atoms with E-state index in [1.54, 1.807) is 7.11 Å². The molecule has 4 rings (SSSR count). The summed E-state index contributed by atoms with van der Waals surface area (Å²) in [5.74, 6) is 3.16. The van der Waals surface area contributed by atoms with E-state index in [1.165, 1.54) is 18.5 Å². The summed E-state index contributed by atoms with van der Waals surface area (Å²) in [7, 11) is 1.71. The zero-order chi connectivity index (χ0) is 23.8. The van der Waals surface area contributed by atoms with Crippen molar-refractivity contribution in [1.82, 2.24) is 15.3 Å². The Bertz CT molecular complexity index is 921. The number of nitrogens with zero attached hydrogens (tertiary/aromatic N) is 5. The van der Waals surface area contributed by atoms with Gasteiger partial charge in [0.05, 0.1) is 0 Å². The van der Waals surface area contributed by atoms with Crippen LogP contribution >= 0.6 is 12.2 Å². The summed E-state index contributed by atoms with van der Waals surface area (Å²) in [6, 6.07) is 12.8. The molecule has 2 fully saturated rings. The fourth-order valence-corrected chi connectivity index (χ4v) is 4.79. The molecule has 1 aromatic heterocycles. The quantitative estimate of drug-likeness (QED) is 0.434. The lowest BCUT2D eigenvalue weighted by Crippen LogP contribution is -2.47. The number of benzene rings is 1. The van der Waals surface area contributed by atoms with E-state index in [9.17, 15) is 0 Å². The van der Waals surface area contributed by atoms with Crippen LogP contribution in [0.1, 0.15) is 26.2 Å². The zero-order valence-electron chi connectivity index (χ0n) is 20.4. The normalized spacial score (nSPS) is 18.6. The summed E-state index contributed by atoms with van der Waals surface area (Å²) in [4.78, 5) is 16.9. The lowest BCUT2D eigenvalue weighted by atomic mass is 10.0. The fourth-order valence-electron chi connectivity index (χ4n) is 4.60. The van der Waals surface area contributed by atoms with Gasteiger partial charge in [-0.15, -0.1) is 0 Å². The number of rotatable bonds is 8. The highest BCUT2D eigenvalue weighted by molar-refractivity contribution is 7.80. The van der Waals surface area contributed by atoms with Crippen LogP contribution < -0.4 is 25.3 Å². The summed E-state index contributed by atoms with van der Waals surface area (Å²) >= 11 is 5.50. The lowest BCUT2D eigenvalue weighted by molar-refractivity contribution is 0.196. The molecule has 2 aliphatic rings. The molecule has 0 spiro atoms. The molecule has 2 aliphatic heterocycles. The van der Waals surface area contributed by atoms with Gasteiger partial charge in [-0.1, -0.05) is 25.1 Å². The van der Waals surface area contributed by atoms with Crippen LogP contribution in [0.15, 0.2) is 36.4 Å². The first-order valence-corrected chi connectivity index (χ1v) is 12.8. The van der Waals surface area contributed by atoms with Crippen molar-refractivity contribution >= 4 is 40.6 Å². The minimum absolute atomic E-state index is 0.542. The van der Waals surface area contributed by atoms with Crippen molar-refractivity contribution in [3.63, 3.8) is 0 Å². The molecular formula is C25H37N7OS. The Kier molecular flexibility index (Phi) is 8.76. The van der Waals surface area contributed by atoms with Gasteiger partial charge in [-0.05, 0) is 49.5 Å². The first-order chi connectivity index (χ1) is 16.6. The Labute approximate surface area is 208 Å². The van der Waals surface area contributed by atoms with Crippen LogP contribution in [-0.4, -0.2) is 74.6 Å². The Morgan fingerprint density at radius 2 is 1.74 bits per heavy atom. The van der Waals surface area contributed by atoms with Crippen molar-refractivity contribution in [1.29, 1.82) is 0 Å². The Hall–Kier alpha value is -2.65.